The molecule has 37 heavy (non-hydrogen) atoms. The highest BCUT2D eigenvalue weighted by Gasteiger charge is 2.50. The van der Waals surface area contributed by atoms with E-state index in [2.05, 4.69) is 56.9 Å². The van der Waals surface area contributed by atoms with Gasteiger partial charge in [-0.1, -0.05) is 73.6 Å². The Balaban J connectivity index is 1.81. The zero-order valence-electron chi connectivity index (χ0n) is 21.4. The lowest BCUT2D eigenvalue weighted by Gasteiger charge is -2.47. The first-order chi connectivity index (χ1) is 17.8. The molecule has 1 aromatic heterocycles. The lowest BCUT2D eigenvalue weighted by Crippen LogP contribution is -2.44. The summed E-state index contributed by atoms with van der Waals surface area (Å²) in [7, 11) is 1.69. The molecule has 2 aliphatic heterocycles. The average molecular weight is 509 g/mol. The molecule has 0 spiro atoms. The first-order valence-corrected chi connectivity index (χ1v) is 12.9. The minimum absolute atomic E-state index is 0.0586. The van der Waals surface area contributed by atoms with E-state index in [9.17, 15) is 0 Å². The topological polar surface area (TPSA) is 43.4 Å². The maximum atomic E-state index is 7.16. The van der Waals surface area contributed by atoms with Gasteiger partial charge in [-0.15, -0.1) is 0 Å². The minimum atomic E-state index is -1.05. The number of aromatic nitrogens is 1. The summed E-state index contributed by atoms with van der Waals surface area (Å²) in [6.07, 6.45) is 0. The van der Waals surface area contributed by atoms with Gasteiger partial charge in [-0.2, -0.15) is 0 Å². The van der Waals surface area contributed by atoms with Crippen molar-refractivity contribution in [2.24, 2.45) is 0 Å². The van der Waals surface area contributed by atoms with Gasteiger partial charge >= 0.3 is 0 Å². The molecule has 0 bridgehead atoms. The molecule has 0 amide bonds. The van der Waals surface area contributed by atoms with Gasteiger partial charge in [-0.05, 0) is 60.9 Å². The van der Waals surface area contributed by atoms with Crippen molar-refractivity contribution in [3.05, 3.63) is 119 Å². The van der Waals surface area contributed by atoms with E-state index >= 15 is 0 Å². The number of benzene rings is 3. The van der Waals surface area contributed by atoms with Crippen LogP contribution in [-0.4, -0.2) is 17.6 Å². The van der Waals surface area contributed by atoms with E-state index in [1.54, 1.807) is 13.2 Å². The molecule has 0 saturated heterocycles. The van der Waals surface area contributed by atoms with E-state index in [1.807, 2.05) is 48.5 Å². The summed E-state index contributed by atoms with van der Waals surface area (Å²) in [5, 5.41) is 4.15. The lowest BCUT2D eigenvalue weighted by atomic mass is 9.68. The first-order valence-electron chi connectivity index (χ1n) is 12.5. The molecule has 3 aromatic carbocycles. The van der Waals surface area contributed by atoms with Gasteiger partial charge in [0.05, 0.1) is 23.9 Å². The van der Waals surface area contributed by atoms with Crippen LogP contribution in [0, 0.1) is 0 Å². The molecular formula is C32H29ClN2O2. The van der Waals surface area contributed by atoms with Crippen molar-refractivity contribution in [3.8, 4) is 22.6 Å². The molecule has 0 aliphatic carbocycles. The third kappa shape index (κ3) is 3.39. The molecule has 3 heterocycles. The Morgan fingerprint density at radius 2 is 1.73 bits per heavy atom. The zero-order chi connectivity index (χ0) is 25.9. The zero-order valence-corrected chi connectivity index (χ0v) is 22.2. The quantitative estimate of drug-likeness (QED) is 0.225. The van der Waals surface area contributed by atoms with E-state index in [-0.39, 0.29) is 11.5 Å². The third-order valence-corrected chi connectivity index (χ3v) is 8.01. The summed E-state index contributed by atoms with van der Waals surface area (Å²) in [6.45, 7) is 11.1. The monoisotopic (exact) mass is 508 g/mol. The number of nitrogens with zero attached hydrogens (tertiary/aromatic N) is 1. The number of fused-ring (bicyclic) bond motifs is 5. The van der Waals surface area contributed by atoms with Crippen LogP contribution in [0.3, 0.4) is 0 Å². The van der Waals surface area contributed by atoms with Gasteiger partial charge in [-0.3, -0.25) is 0 Å². The van der Waals surface area contributed by atoms with Crippen molar-refractivity contribution in [2.75, 3.05) is 12.4 Å². The second-order valence-electron chi connectivity index (χ2n) is 10.3. The van der Waals surface area contributed by atoms with E-state index < -0.39 is 5.60 Å². The number of anilines is 1. The predicted molar refractivity (Wildman–Crippen MR) is 150 cm³/mol. The highest BCUT2D eigenvalue weighted by atomic mass is 35.5. The summed E-state index contributed by atoms with van der Waals surface area (Å²) in [6, 6.07) is 26.2. The SMILES string of the molecule is C=C1C(C)c2c(ccc3c2C(c2ccccc2)(c2cccc(Cl)n2)Oc2cccc(OC)c2-3)NC1(C)C. The summed E-state index contributed by atoms with van der Waals surface area (Å²) in [4.78, 5) is 4.85. The van der Waals surface area contributed by atoms with Gasteiger partial charge in [-0.25, -0.2) is 4.98 Å². The number of halogens is 1. The van der Waals surface area contributed by atoms with Crippen LogP contribution < -0.4 is 14.8 Å². The van der Waals surface area contributed by atoms with Gasteiger partial charge < -0.3 is 14.8 Å². The predicted octanol–water partition coefficient (Wildman–Crippen LogP) is 7.96. The Labute approximate surface area is 222 Å². The van der Waals surface area contributed by atoms with Gasteiger partial charge in [0, 0.05) is 22.7 Å². The van der Waals surface area contributed by atoms with Gasteiger partial charge in [0.15, 0.2) is 0 Å². The molecule has 2 unspecified atom stereocenters. The van der Waals surface area contributed by atoms with Crippen molar-refractivity contribution >= 4 is 17.3 Å². The van der Waals surface area contributed by atoms with Crippen LogP contribution in [0.1, 0.15) is 49.1 Å². The molecule has 5 heteroatoms. The maximum Gasteiger partial charge on any atom is 0.202 e. The van der Waals surface area contributed by atoms with Crippen molar-refractivity contribution in [1.82, 2.24) is 4.98 Å². The second-order valence-corrected chi connectivity index (χ2v) is 10.7. The molecule has 4 nitrogen and oxygen atoms in total. The number of ether oxygens (including phenoxy) is 2. The lowest BCUT2D eigenvalue weighted by molar-refractivity contribution is 0.145. The molecule has 2 aliphatic rings. The number of hydrogen-bond acceptors (Lipinski definition) is 4. The number of rotatable bonds is 3. The molecular weight excluding hydrogens is 480 g/mol. The van der Waals surface area contributed by atoms with Gasteiger partial charge in [0.2, 0.25) is 5.60 Å². The fraction of sp³-hybridized carbons (Fsp3) is 0.219. The molecule has 6 rings (SSSR count). The summed E-state index contributed by atoms with van der Waals surface area (Å²) < 4.78 is 13.0. The van der Waals surface area contributed by atoms with Crippen LogP contribution in [0.4, 0.5) is 5.69 Å². The van der Waals surface area contributed by atoms with E-state index in [4.69, 9.17) is 26.1 Å². The Hall–Kier alpha value is -3.76. The minimum Gasteiger partial charge on any atom is -0.496 e. The molecule has 2 atom stereocenters. The average Bonchev–Trinajstić information content (AvgIpc) is 2.90. The van der Waals surface area contributed by atoms with E-state index in [0.29, 0.717) is 5.15 Å². The first kappa shape index (κ1) is 23.6. The Kier molecular flexibility index (Phi) is 5.36. The van der Waals surface area contributed by atoms with Crippen molar-refractivity contribution in [1.29, 1.82) is 0 Å². The number of methoxy groups -OCH3 is 1. The standard InChI is InChI=1S/C32H29ClN2O2/c1-19-20(2)31(3,4)35-23-18-17-22-29-24(36-5)13-9-14-25(29)37-32(30(22)28(19)23,21-11-7-6-8-12-21)26-15-10-16-27(33)34-26/h6-19,35H,2H2,1,3-5H3. The molecule has 0 saturated carbocycles. The normalized spacial score (nSPS) is 21.1. The Morgan fingerprint density at radius 1 is 0.973 bits per heavy atom. The van der Waals surface area contributed by atoms with Crippen molar-refractivity contribution < 1.29 is 9.47 Å². The highest BCUT2D eigenvalue weighted by Crippen LogP contribution is 2.58. The fourth-order valence-corrected chi connectivity index (χ4v) is 6.12. The molecule has 0 fully saturated rings. The fourth-order valence-electron chi connectivity index (χ4n) is 5.95. The molecule has 4 aromatic rings. The van der Waals surface area contributed by atoms with E-state index in [0.717, 1.165) is 56.3 Å². The summed E-state index contributed by atoms with van der Waals surface area (Å²) in [5.74, 6) is 1.55. The summed E-state index contributed by atoms with van der Waals surface area (Å²) >= 11 is 6.51. The number of hydrogen-bond donors (Lipinski definition) is 1. The third-order valence-electron chi connectivity index (χ3n) is 7.80. The number of pyridine rings is 1. The van der Waals surface area contributed by atoms with Gasteiger partial charge in [0.1, 0.15) is 16.7 Å². The number of nitrogens with one attached hydrogen (secondary N) is 1. The largest absolute Gasteiger partial charge is 0.496 e. The van der Waals surface area contributed by atoms with Crippen LogP contribution in [0.5, 0.6) is 11.5 Å². The Morgan fingerprint density at radius 3 is 2.46 bits per heavy atom. The van der Waals surface area contributed by atoms with Gasteiger partial charge in [0.25, 0.3) is 0 Å². The summed E-state index contributed by atoms with van der Waals surface area (Å²) in [5.41, 5.74) is 6.70. The second kappa shape index (κ2) is 8.39. The van der Waals surface area contributed by atoms with E-state index in [1.165, 1.54) is 0 Å². The molecule has 1 N–H and O–H groups in total. The van der Waals surface area contributed by atoms with Crippen LogP contribution in [0.2, 0.25) is 5.15 Å². The molecule has 186 valence electrons. The maximum absolute atomic E-state index is 7.16. The smallest absolute Gasteiger partial charge is 0.202 e. The van der Waals surface area contributed by atoms with Crippen LogP contribution in [0.15, 0.2) is 91.0 Å². The van der Waals surface area contributed by atoms with Crippen LogP contribution in [-0.2, 0) is 5.60 Å². The highest BCUT2D eigenvalue weighted by molar-refractivity contribution is 6.29. The Bertz CT molecular complexity index is 1550. The van der Waals surface area contributed by atoms with Crippen LogP contribution >= 0.6 is 11.6 Å². The van der Waals surface area contributed by atoms with Crippen molar-refractivity contribution in [3.63, 3.8) is 0 Å². The molecule has 0 radical (unpaired) electrons. The van der Waals surface area contributed by atoms with Crippen LogP contribution in [0.25, 0.3) is 11.1 Å². The van der Waals surface area contributed by atoms with Crippen molar-refractivity contribution in [2.45, 2.75) is 37.8 Å².